The second kappa shape index (κ2) is 9.85. The van der Waals surface area contributed by atoms with E-state index >= 15 is 0 Å². The summed E-state index contributed by atoms with van der Waals surface area (Å²) in [7, 11) is 1.53. The molecule has 1 aliphatic carbocycles. The molecule has 1 N–H and O–H groups in total. The van der Waals surface area contributed by atoms with Crippen LogP contribution in [0.25, 0.3) is 11.6 Å². The fourth-order valence-corrected chi connectivity index (χ4v) is 4.06. The number of hydrogen-bond donors (Lipinski definition) is 1. The highest BCUT2D eigenvalue weighted by molar-refractivity contribution is 6.01. The molecule has 1 saturated carbocycles. The summed E-state index contributed by atoms with van der Waals surface area (Å²) < 4.78 is 11.0. The smallest absolute Gasteiger partial charge is 0.251 e. The number of anilines is 1. The van der Waals surface area contributed by atoms with Gasteiger partial charge in [0.2, 0.25) is 11.7 Å². The van der Waals surface area contributed by atoms with Crippen molar-refractivity contribution in [1.29, 1.82) is 0 Å². The van der Waals surface area contributed by atoms with E-state index in [2.05, 4.69) is 20.7 Å². The molecule has 1 unspecified atom stereocenters. The molecule has 0 saturated heterocycles. The van der Waals surface area contributed by atoms with Gasteiger partial charge >= 0.3 is 0 Å². The minimum Gasteiger partial charge on any atom is -0.495 e. The van der Waals surface area contributed by atoms with E-state index < -0.39 is 6.04 Å². The molecule has 174 valence electrons. The predicted octanol–water partition coefficient (Wildman–Crippen LogP) is 2.73. The summed E-state index contributed by atoms with van der Waals surface area (Å²) in [4.78, 5) is 29.1. The van der Waals surface area contributed by atoms with Crippen molar-refractivity contribution in [3.8, 4) is 17.3 Å². The molecule has 1 aromatic carbocycles. The Morgan fingerprint density at radius 3 is 2.70 bits per heavy atom. The summed E-state index contributed by atoms with van der Waals surface area (Å²) in [6.07, 6.45) is 4.12. The molecule has 0 radical (unpaired) electrons. The first kappa shape index (κ1) is 22.5. The standard InChI is InChI=1S/C23H28N6O4/c1-15-12-13-20(33-15)22-25-27-28(26-22)14-21(30)29(18-10-6-7-11-19(18)32-3)16(2)23(31)24-17-8-4-5-9-17/h6-7,10-13,16-17H,4-5,8-9,14H2,1-3H3,(H,24,31). The number of nitrogens with zero attached hydrogens (tertiary/aromatic N) is 5. The van der Waals surface area contributed by atoms with E-state index in [4.69, 9.17) is 9.15 Å². The first-order chi connectivity index (χ1) is 16.0. The predicted molar refractivity (Wildman–Crippen MR) is 121 cm³/mol. The average molecular weight is 453 g/mol. The van der Waals surface area contributed by atoms with Crippen LogP contribution in [0, 0.1) is 6.92 Å². The first-order valence-corrected chi connectivity index (χ1v) is 11.1. The van der Waals surface area contributed by atoms with E-state index in [9.17, 15) is 9.59 Å². The average Bonchev–Trinajstić information content (AvgIpc) is 3.57. The maximum atomic E-state index is 13.5. The summed E-state index contributed by atoms with van der Waals surface area (Å²) in [5, 5.41) is 15.3. The molecular weight excluding hydrogens is 424 g/mol. The van der Waals surface area contributed by atoms with E-state index in [-0.39, 0.29) is 30.2 Å². The van der Waals surface area contributed by atoms with Gasteiger partial charge in [-0.15, -0.1) is 10.2 Å². The summed E-state index contributed by atoms with van der Waals surface area (Å²) in [6, 6.07) is 10.0. The van der Waals surface area contributed by atoms with Crippen LogP contribution in [0.5, 0.6) is 5.75 Å². The number of aromatic nitrogens is 4. The number of ether oxygens (including phenoxy) is 1. The SMILES string of the molecule is COc1ccccc1N(C(=O)Cn1nnc(-c2ccc(C)o2)n1)C(C)C(=O)NC1CCCC1. The molecule has 0 bridgehead atoms. The Kier molecular flexibility index (Phi) is 6.71. The number of methoxy groups -OCH3 is 1. The third-order valence-electron chi connectivity index (χ3n) is 5.77. The lowest BCUT2D eigenvalue weighted by Crippen LogP contribution is -2.51. The van der Waals surface area contributed by atoms with Gasteiger partial charge in [-0.25, -0.2) is 0 Å². The molecule has 2 heterocycles. The van der Waals surface area contributed by atoms with Crippen molar-refractivity contribution in [3.05, 3.63) is 42.2 Å². The van der Waals surface area contributed by atoms with Crippen molar-refractivity contribution in [1.82, 2.24) is 25.5 Å². The lowest BCUT2D eigenvalue weighted by atomic mass is 10.1. The first-order valence-electron chi connectivity index (χ1n) is 11.1. The van der Waals surface area contributed by atoms with Crippen LogP contribution >= 0.6 is 0 Å². The normalized spacial score (nSPS) is 14.8. The number of hydrogen-bond acceptors (Lipinski definition) is 7. The van der Waals surface area contributed by atoms with Crippen LogP contribution in [0.4, 0.5) is 5.69 Å². The minimum absolute atomic E-state index is 0.144. The second-order valence-electron chi connectivity index (χ2n) is 8.16. The fraction of sp³-hybridized carbons (Fsp3) is 0.435. The topological polar surface area (TPSA) is 115 Å². The third-order valence-corrected chi connectivity index (χ3v) is 5.77. The van der Waals surface area contributed by atoms with Crippen LogP contribution in [0.3, 0.4) is 0 Å². The van der Waals surface area contributed by atoms with Crippen molar-refractivity contribution in [2.75, 3.05) is 12.0 Å². The van der Waals surface area contributed by atoms with E-state index in [0.29, 0.717) is 17.2 Å². The lowest BCUT2D eigenvalue weighted by molar-refractivity contribution is -0.127. The number of nitrogens with one attached hydrogen (secondary N) is 1. The minimum atomic E-state index is -0.759. The molecule has 2 amide bonds. The maximum Gasteiger partial charge on any atom is 0.251 e. The zero-order valence-corrected chi connectivity index (χ0v) is 19.0. The monoisotopic (exact) mass is 452 g/mol. The summed E-state index contributed by atoms with van der Waals surface area (Å²) >= 11 is 0. The van der Waals surface area contributed by atoms with Crippen molar-refractivity contribution in [2.45, 2.75) is 58.2 Å². The Hall–Kier alpha value is -3.69. The van der Waals surface area contributed by atoms with Crippen LogP contribution in [-0.2, 0) is 16.1 Å². The molecule has 3 aromatic rings. The summed E-state index contributed by atoms with van der Waals surface area (Å²) in [5.41, 5.74) is 0.501. The number of carbonyl (C=O) groups is 2. The number of tetrazole rings is 1. The summed E-state index contributed by atoms with van der Waals surface area (Å²) in [5.74, 6) is 1.39. The van der Waals surface area contributed by atoms with E-state index in [1.165, 1.54) is 16.8 Å². The highest BCUT2D eigenvalue weighted by Crippen LogP contribution is 2.30. The van der Waals surface area contributed by atoms with E-state index in [0.717, 1.165) is 31.4 Å². The van der Waals surface area contributed by atoms with E-state index in [1.807, 2.05) is 13.0 Å². The third kappa shape index (κ3) is 5.05. The number of benzene rings is 1. The van der Waals surface area contributed by atoms with Gasteiger partial charge in [-0.1, -0.05) is 25.0 Å². The zero-order valence-electron chi connectivity index (χ0n) is 19.0. The molecule has 0 spiro atoms. The number of rotatable bonds is 8. The van der Waals surface area contributed by atoms with Gasteiger partial charge in [-0.05, 0) is 56.2 Å². The number of furan rings is 1. The molecule has 33 heavy (non-hydrogen) atoms. The number of carbonyl (C=O) groups excluding carboxylic acids is 2. The van der Waals surface area contributed by atoms with Crippen molar-refractivity contribution >= 4 is 17.5 Å². The second-order valence-corrected chi connectivity index (χ2v) is 8.16. The highest BCUT2D eigenvalue weighted by Gasteiger charge is 2.31. The van der Waals surface area contributed by atoms with Gasteiger partial charge in [-0.2, -0.15) is 4.80 Å². The van der Waals surface area contributed by atoms with Crippen LogP contribution in [-0.4, -0.2) is 51.2 Å². The largest absolute Gasteiger partial charge is 0.495 e. The molecule has 1 aliphatic rings. The van der Waals surface area contributed by atoms with Gasteiger partial charge in [-0.3, -0.25) is 14.5 Å². The zero-order chi connectivity index (χ0) is 23.4. The van der Waals surface area contributed by atoms with Crippen molar-refractivity contribution in [2.24, 2.45) is 0 Å². The molecule has 10 nitrogen and oxygen atoms in total. The Bertz CT molecular complexity index is 1120. The van der Waals surface area contributed by atoms with Crippen LogP contribution in [0.1, 0.15) is 38.4 Å². The Balaban J connectivity index is 1.57. The van der Waals surface area contributed by atoms with Gasteiger partial charge in [0.25, 0.3) is 5.91 Å². The van der Waals surface area contributed by atoms with Gasteiger partial charge in [0.15, 0.2) is 5.76 Å². The molecular formula is C23H28N6O4. The molecule has 2 aromatic heterocycles. The number of para-hydroxylation sites is 2. The maximum absolute atomic E-state index is 13.5. The van der Waals surface area contributed by atoms with Gasteiger partial charge < -0.3 is 14.5 Å². The molecule has 0 aliphatic heterocycles. The molecule has 4 rings (SSSR count). The lowest BCUT2D eigenvalue weighted by Gasteiger charge is -2.30. The van der Waals surface area contributed by atoms with Gasteiger partial charge in [0, 0.05) is 6.04 Å². The van der Waals surface area contributed by atoms with Gasteiger partial charge in [0.05, 0.1) is 12.8 Å². The van der Waals surface area contributed by atoms with Crippen LogP contribution in [0.2, 0.25) is 0 Å². The Labute approximate surface area is 191 Å². The molecule has 1 atom stereocenters. The number of aryl methyl sites for hydroxylation is 1. The summed E-state index contributed by atoms with van der Waals surface area (Å²) in [6.45, 7) is 3.33. The van der Waals surface area contributed by atoms with Crippen LogP contribution < -0.4 is 15.0 Å². The molecule has 10 heteroatoms. The highest BCUT2D eigenvalue weighted by atomic mass is 16.5. The van der Waals surface area contributed by atoms with Crippen molar-refractivity contribution in [3.63, 3.8) is 0 Å². The Morgan fingerprint density at radius 2 is 2.00 bits per heavy atom. The molecule has 1 fully saturated rings. The van der Waals surface area contributed by atoms with Crippen molar-refractivity contribution < 1.29 is 18.7 Å². The van der Waals surface area contributed by atoms with Gasteiger partial charge in [0.1, 0.15) is 24.1 Å². The quantitative estimate of drug-likeness (QED) is 0.559. The number of amides is 2. The Morgan fingerprint density at radius 1 is 1.24 bits per heavy atom. The fourth-order valence-electron chi connectivity index (χ4n) is 4.06. The van der Waals surface area contributed by atoms with Crippen LogP contribution in [0.15, 0.2) is 40.8 Å². The van der Waals surface area contributed by atoms with E-state index in [1.54, 1.807) is 37.3 Å².